The Balaban J connectivity index is 1.60. The Morgan fingerprint density at radius 2 is 0.892 bits per heavy atom. The minimum absolute atomic E-state index is 0.0555. The summed E-state index contributed by atoms with van der Waals surface area (Å²) < 4.78 is 4.54. The second-order valence-corrected chi connectivity index (χ2v) is 9.99. The van der Waals surface area contributed by atoms with Crippen LogP contribution in [0.15, 0.2) is 113 Å². The first-order chi connectivity index (χ1) is 18.2. The molecule has 0 spiro atoms. The first-order valence-corrected chi connectivity index (χ1v) is 12.5. The Bertz CT molecular complexity index is 2150. The van der Waals surface area contributed by atoms with E-state index in [1.807, 2.05) is 72.8 Å². The van der Waals surface area contributed by atoms with Crippen LogP contribution in [-0.2, 0) is 0 Å². The number of hydrogen-bond donors (Lipinski definition) is 0. The normalized spacial score (nSPS) is 13.0. The van der Waals surface area contributed by atoms with E-state index in [0.717, 1.165) is 65.9 Å². The summed E-state index contributed by atoms with van der Waals surface area (Å²) in [6.45, 7) is -0.0836. The number of pyridine rings is 2. The second-order valence-electron chi connectivity index (χ2n) is 9.99. The predicted octanol–water partition coefficient (Wildman–Crippen LogP) is 3.74. The minimum atomic E-state index is -0.0836. The molecule has 0 unspecified atom stereocenters. The molecule has 2 aromatic heterocycles. The van der Waals surface area contributed by atoms with Crippen molar-refractivity contribution in [2.75, 3.05) is 0 Å². The van der Waals surface area contributed by atoms with Crippen molar-refractivity contribution >= 4 is 66.7 Å². The van der Waals surface area contributed by atoms with Gasteiger partial charge in [0, 0.05) is 32.9 Å². The number of para-hydroxylation sites is 4. The molecule has 9 rings (SSSR count). The SMILES string of the molecule is O=c1c2ccccc2n2c3c(cccc13)B1c3c-2cccc3-n2c3ccccc3c(=O)c3cccc1c32. The van der Waals surface area contributed by atoms with Gasteiger partial charge in [-0.2, -0.15) is 0 Å². The van der Waals surface area contributed by atoms with Crippen LogP contribution in [0.1, 0.15) is 0 Å². The van der Waals surface area contributed by atoms with E-state index < -0.39 is 0 Å². The molecule has 0 radical (unpaired) electrons. The lowest BCUT2D eigenvalue weighted by atomic mass is 9.34. The highest BCUT2D eigenvalue weighted by molar-refractivity contribution is 7.00. The molecule has 5 aromatic carbocycles. The summed E-state index contributed by atoms with van der Waals surface area (Å²) in [5.41, 5.74) is 9.38. The quantitative estimate of drug-likeness (QED) is 0.249. The van der Waals surface area contributed by atoms with Crippen molar-refractivity contribution in [3.8, 4) is 11.4 Å². The van der Waals surface area contributed by atoms with Crippen LogP contribution in [0.25, 0.3) is 55.0 Å². The van der Waals surface area contributed by atoms with Crippen LogP contribution in [-0.4, -0.2) is 15.8 Å². The van der Waals surface area contributed by atoms with E-state index in [1.165, 1.54) is 5.46 Å². The number of nitrogens with zero attached hydrogens (tertiary/aromatic N) is 2. The summed E-state index contributed by atoms with van der Waals surface area (Å²) in [6, 6.07) is 34.3. The zero-order valence-corrected chi connectivity index (χ0v) is 19.6. The van der Waals surface area contributed by atoms with E-state index in [9.17, 15) is 9.59 Å². The summed E-state index contributed by atoms with van der Waals surface area (Å²) in [4.78, 5) is 27.3. The van der Waals surface area contributed by atoms with Gasteiger partial charge in [-0.3, -0.25) is 9.59 Å². The fraction of sp³-hybridized carbons (Fsp3) is 0. The molecule has 0 saturated carbocycles. The smallest absolute Gasteiger partial charge is 0.252 e. The van der Waals surface area contributed by atoms with E-state index in [-0.39, 0.29) is 17.6 Å². The van der Waals surface area contributed by atoms with Crippen LogP contribution in [0.2, 0.25) is 0 Å². The van der Waals surface area contributed by atoms with E-state index in [0.29, 0.717) is 0 Å². The molecular weight excluding hydrogens is 455 g/mol. The van der Waals surface area contributed by atoms with E-state index in [4.69, 9.17) is 0 Å². The maximum absolute atomic E-state index is 13.6. The molecule has 7 aromatic rings. The Labute approximate surface area is 210 Å². The molecule has 0 aliphatic carbocycles. The van der Waals surface area contributed by atoms with Gasteiger partial charge in [0.25, 0.3) is 6.71 Å². The van der Waals surface area contributed by atoms with E-state index in [1.54, 1.807) is 0 Å². The summed E-state index contributed by atoms with van der Waals surface area (Å²) in [6.07, 6.45) is 0. The van der Waals surface area contributed by atoms with Crippen LogP contribution in [0.3, 0.4) is 0 Å². The molecule has 2 aliphatic heterocycles. The molecule has 2 aliphatic rings. The van der Waals surface area contributed by atoms with Gasteiger partial charge < -0.3 is 9.13 Å². The lowest BCUT2D eigenvalue weighted by Crippen LogP contribution is -2.60. The lowest BCUT2D eigenvalue weighted by molar-refractivity contribution is 1.13. The third-order valence-electron chi connectivity index (χ3n) is 8.30. The molecule has 0 N–H and O–H groups in total. The van der Waals surface area contributed by atoms with Crippen molar-refractivity contribution in [2.45, 2.75) is 0 Å². The maximum Gasteiger partial charge on any atom is 0.252 e. The highest BCUT2D eigenvalue weighted by Crippen LogP contribution is 2.32. The molecule has 5 heteroatoms. The Kier molecular flexibility index (Phi) is 3.37. The van der Waals surface area contributed by atoms with Gasteiger partial charge in [-0.05, 0) is 64.9 Å². The van der Waals surface area contributed by atoms with E-state index >= 15 is 0 Å². The van der Waals surface area contributed by atoms with Crippen LogP contribution < -0.4 is 27.2 Å². The number of hydrogen-bond acceptors (Lipinski definition) is 2. The van der Waals surface area contributed by atoms with E-state index in [2.05, 4.69) is 39.5 Å². The fourth-order valence-electron chi connectivity index (χ4n) is 6.91. The number of benzene rings is 5. The van der Waals surface area contributed by atoms with Gasteiger partial charge in [-0.1, -0.05) is 54.6 Å². The van der Waals surface area contributed by atoms with Gasteiger partial charge in [0.05, 0.1) is 22.1 Å². The predicted molar refractivity (Wildman–Crippen MR) is 152 cm³/mol. The number of fused-ring (bicyclic) bond motifs is 8. The van der Waals surface area contributed by atoms with Gasteiger partial charge >= 0.3 is 0 Å². The van der Waals surface area contributed by atoms with Gasteiger partial charge in [-0.15, -0.1) is 0 Å². The highest BCUT2D eigenvalue weighted by atomic mass is 16.1. The standard InChI is InChI=1S/C32H17BN2O2/c36-31-18-8-1-3-14-24(18)34-26-16-7-17-27-28(26)33(22-12-5-10-20(31)29(22)34)23-13-6-11-21-30(23)35(27)25-15-4-2-9-19(25)32(21)37/h1-17H. The molecule has 0 atom stereocenters. The highest BCUT2D eigenvalue weighted by Gasteiger charge is 2.39. The topological polar surface area (TPSA) is 44.0 Å². The molecule has 0 fully saturated rings. The zero-order chi connectivity index (χ0) is 24.4. The van der Waals surface area contributed by atoms with Gasteiger partial charge in [-0.25, -0.2) is 0 Å². The van der Waals surface area contributed by atoms with Crippen molar-refractivity contribution in [1.82, 2.24) is 9.13 Å². The molecule has 170 valence electrons. The van der Waals surface area contributed by atoms with Crippen molar-refractivity contribution in [3.63, 3.8) is 0 Å². The molecular formula is C32H17BN2O2. The van der Waals surface area contributed by atoms with Crippen molar-refractivity contribution in [1.29, 1.82) is 0 Å². The molecule has 37 heavy (non-hydrogen) atoms. The van der Waals surface area contributed by atoms with Crippen LogP contribution in [0.5, 0.6) is 0 Å². The van der Waals surface area contributed by atoms with Gasteiger partial charge in [0.15, 0.2) is 10.9 Å². The van der Waals surface area contributed by atoms with Crippen molar-refractivity contribution in [2.24, 2.45) is 0 Å². The summed E-state index contributed by atoms with van der Waals surface area (Å²) in [7, 11) is 0. The van der Waals surface area contributed by atoms with Crippen molar-refractivity contribution < 1.29 is 0 Å². The molecule has 4 nitrogen and oxygen atoms in total. The van der Waals surface area contributed by atoms with Crippen LogP contribution >= 0.6 is 0 Å². The average Bonchev–Trinajstić information content (AvgIpc) is 2.95. The fourth-order valence-corrected chi connectivity index (χ4v) is 6.91. The largest absolute Gasteiger partial charge is 0.310 e. The Morgan fingerprint density at radius 3 is 1.41 bits per heavy atom. The third-order valence-corrected chi connectivity index (χ3v) is 8.30. The number of rotatable bonds is 0. The third kappa shape index (κ3) is 2.13. The van der Waals surface area contributed by atoms with Gasteiger partial charge in [0.2, 0.25) is 0 Å². The Morgan fingerprint density at radius 1 is 0.459 bits per heavy atom. The summed E-state index contributed by atoms with van der Waals surface area (Å²) >= 11 is 0. The van der Waals surface area contributed by atoms with Crippen LogP contribution in [0.4, 0.5) is 0 Å². The maximum atomic E-state index is 13.6. The average molecular weight is 472 g/mol. The van der Waals surface area contributed by atoms with Gasteiger partial charge in [0.1, 0.15) is 0 Å². The molecule has 4 heterocycles. The molecule has 0 bridgehead atoms. The zero-order valence-electron chi connectivity index (χ0n) is 19.6. The van der Waals surface area contributed by atoms with Crippen LogP contribution in [0, 0.1) is 0 Å². The lowest BCUT2D eigenvalue weighted by Gasteiger charge is -2.36. The minimum Gasteiger partial charge on any atom is -0.310 e. The summed E-state index contributed by atoms with van der Waals surface area (Å²) in [5.74, 6) is 0. The van der Waals surface area contributed by atoms with Crippen molar-refractivity contribution in [3.05, 3.63) is 124 Å². The Hall–Kier alpha value is -4.90. The summed E-state index contributed by atoms with van der Waals surface area (Å²) in [5, 5.41) is 2.88. The first-order valence-electron chi connectivity index (χ1n) is 12.5. The monoisotopic (exact) mass is 472 g/mol. The first kappa shape index (κ1) is 19.3. The number of aromatic nitrogens is 2. The second kappa shape index (κ2) is 6.45. The molecule has 0 amide bonds. The molecule has 0 saturated heterocycles.